The first kappa shape index (κ1) is 15.0. The summed E-state index contributed by atoms with van der Waals surface area (Å²) in [5.74, 6) is -0.250. The molecule has 3 aromatic rings. The summed E-state index contributed by atoms with van der Waals surface area (Å²) in [5, 5.41) is 7.71. The molecule has 0 bridgehead atoms. The average molecular weight is 340 g/mol. The van der Waals surface area contributed by atoms with E-state index in [2.05, 4.69) is 15.4 Å². The third kappa shape index (κ3) is 2.71. The van der Waals surface area contributed by atoms with Gasteiger partial charge in [-0.1, -0.05) is 11.3 Å². The zero-order valence-corrected chi connectivity index (χ0v) is 14.2. The lowest BCUT2D eigenvalue weighted by Crippen LogP contribution is -2.13. The van der Waals surface area contributed by atoms with Crippen molar-refractivity contribution in [3.63, 3.8) is 0 Å². The molecule has 6 nitrogen and oxygen atoms in total. The number of Topliss-reactive ketones (excluding diaryl/α,β-unsaturated/α-hetero) is 1. The van der Waals surface area contributed by atoms with Crippen LogP contribution in [-0.4, -0.2) is 26.5 Å². The molecule has 2 aromatic heterocycles. The first-order chi connectivity index (χ1) is 11.5. The highest BCUT2D eigenvalue weighted by Gasteiger charge is 2.27. The van der Waals surface area contributed by atoms with Gasteiger partial charge in [-0.15, -0.1) is 0 Å². The number of hydrogen-bond acceptors (Lipinski definition) is 5. The third-order valence-electron chi connectivity index (χ3n) is 4.06. The first-order valence-corrected chi connectivity index (χ1v) is 8.62. The number of benzene rings is 1. The van der Waals surface area contributed by atoms with E-state index in [-0.39, 0.29) is 11.7 Å². The number of amides is 1. The number of ketones is 1. The summed E-state index contributed by atoms with van der Waals surface area (Å²) in [6, 6.07) is 7.59. The molecule has 2 heterocycles. The number of carbonyl (C=O) groups excluding carboxylic acids is 2. The van der Waals surface area contributed by atoms with Crippen molar-refractivity contribution in [2.24, 2.45) is 0 Å². The van der Waals surface area contributed by atoms with Gasteiger partial charge in [0, 0.05) is 11.3 Å². The van der Waals surface area contributed by atoms with Crippen LogP contribution in [0.2, 0.25) is 0 Å². The highest BCUT2D eigenvalue weighted by atomic mass is 32.1. The SMILES string of the molecule is CC(=O)c1ccc2nc(NC(=O)c3cc(C)n(C4CC4)n3)sc2c1. The maximum atomic E-state index is 12.4. The number of anilines is 1. The first-order valence-electron chi connectivity index (χ1n) is 7.80. The molecule has 0 radical (unpaired) electrons. The molecule has 0 aliphatic heterocycles. The van der Waals surface area contributed by atoms with Gasteiger partial charge in [-0.25, -0.2) is 4.98 Å². The Labute approximate surface area is 142 Å². The molecular formula is C17H16N4O2S. The van der Waals surface area contributed by atoms with E-state index in [0.29, 0.717) is 22.4 Å². The maximum Gasteiger partial charge on any atom is 0.277 e. The number of aromatic nitrogens is 3. The second-order valence-electron chi connectivity index (χ2n) is 6.06. The topological polar surface area (TPSA) is 76.9 Å². The van der Waals surface area contributed by atoms with Crippen molar-refractivity contribution in [1.82, 2.24) is 14.8 Å². The molecule has 1 aromatic carbocycles. The van der Waals surface area contributed by atoms with E-state index in [1.165, 1.54) is 18.3 Å². The van der Waals surface area contributed by atoms with Crippen molar-refractivity contribution in [1.29, 1.82) is 0 Å². The van der Waals surface area contributed by atoms with Crippen LogP contribution in [0.25, 0.3) is 10.2 Å². The van der Waals surface area contributed by atoms with Gasteiger partial charge in [-0.05, 0) is 51.0 Å². The molecule has 0 spiro atoms. The van der Waals surface area contributed by atoms with Crippen LogP contribution in [0.15, 0.2) is 24.3 Å². The number of nitrogens with zero attached hydrogens (tertiary/aromatic N) is 3. The van der Waals surface area contributed by atoms with Crippen LogP contribution in [0.5, 0.6) is 0 Å². The summed E-state index contributed by atoms with van der Waals surface area (Å²) in [7, 11) is 0. The minimum absolute atomic E-state index is 0.0111. The van der Waals surface area contributed by atoms with Gasteiger partial charge in [-0.2, -0.15) is 5.10 Å². The summed E-state index contributed by atoms with van der Waals surface area (Å²) < 4.78 is 2.80. The van der Waals surface area contributed by atoms with Gasteiger partial charge >= 0.3 is 0 Å². The van der Waals surface area contributed by atoms with Gasteiger partial charge in [0.05, 0.1) is 16.3 Å². The van der Waals surface area contributed by atoms with Gasteiger partial charge in [0.2, 0.25) is 0 Å². The van der Waals surface area contributed by atoms with Crippen LogP contribution in [-0.2, 0) is 0 Å². The van der Waals surface area contributed by atoms with Crippen LogP contribution >= 0.6 is 11.3 Å². The largest absolute Gasteiger partial charge is 0.296 e. The van der Waals surface area contributed by atoms with Crippen LogP contribution in [0.1, 0.15) is 52.3 Å². The van der Waals surface area contributed by atoms with E-state index >= 15 is 0 Å². The second-order valence-corrected chi connectivity index (χ2v) is 7.09. The Morgan fingerprint density at radius 1 is 1.29 bits per heavy atom. The fourth-order valence-electron chi connectivity index (χ4n) is 2.65. The van der Waals surface area contributed by atoms with E-state index < -0.39 is 0 Å². The number of hydrogen-bond donors (Lipinski definition) is 1. The number of nitrogens with one attached hydrogen (secondary N) is 1. The van der Waals surface area contributed by atoms with E-state index in [9.17, 15) is 9.59 Å². The lowest BCUT2D eigenvalue weighted by molar-refractivity contribution is 0.101. The fourth-order valence-corrected chi connectivity index (χ4v) is 3.55. The summed E-state index contributed by atoms with van der Waals surface area (Å²) >= 11 is 1.35. The standard InChI is InChI=1S/C17H16N4O2S/c1-9-7-14(20-21(9)12-4-5-12)16(23)19-17-18-13-6-3-11(10(2)22)8-15(13)24-17/h3,6-8,12H,4-5H2,1-2H3,(H,18,19,23). The van der Waals surface area contributed by atoms with Gasteiger partial charge < -0.3 is 0 Å². The number of carbonyl (C=O) groups is 2. The molecule has 122 valence electrons. The molecular weight excluding hydrogens is 324 g/mol. The van der Waals surface area contributed by atoms with E-state index in [1.54, 1.807) is 24.3 Å². The van der Waals surface area contributed by atoms with Crippen LogP contribution in [0.3, 0.4) is 0 Å². The summed E-state index contributed by atoms with van der Waals surface area (Å²) in [5.41, 5.74) is 2.81. The van der Waals surface area contributed by atoms with Gasteiger partial charge in [0.25, 0.3) is 5.91 Å². The third-order valence-corrected chi connectivity index (χ3v) is 5.00. The monoisotopic (exact) mass is 340 g/mol. The lowest BCUT2D eigenvalue weighted by Gasteiger charge is -1.99. The highest BCUT2D eigenvalue weighted by molar-refractivity contribution is 7.22. The molecule has 1 fully saturated rings. The van der Waals surface area contributed by atoms with Gasteiger partial charge in [0.1, 0.15) is 0 Å². The molecule has 0 saturated heterocycles. The Balaban J connectivity index is 1.58. The molecule has 1 amide bonds. The zero-order valence-electron chi connectivity index (χ0n) is 13.4. The minimum Gasteiger partial charge on any atom is -0.296 e. The van der Waals surface area contributed by atoms with E-state index in [4.69, 9.17) is 0 Å². The van der Waals surface area contributed by atoms with E-state index in [0.717, 1.165) is 28.8 Å². The molecule has 1 N–H and O–H groups in total. The predicted molar refractivity (Wildman–Crippen MR) is 92.8 cm³/mol. The number of thiazole rings is 1. The smallest absolute Gasteiger partial charge is 0.277 e. The number of fused-ring (bicyclic) bond motifs is 1. The summed E-state index contributed by atoms with van der Waals surface area (Å²) in [6.45, 7) is 3.49. The molecule has 1 saturated carbocycles. The quantitative estimate of drug-likeness (QED) is 0.736. The Kier molecular flexibility index (Phi) is 3.45. The highest BCUT2D eigenvalue weighted by Crippen LogP contribution is 2.35. The van der Waals surface area contributed by atoms with Crippen molar-refractivity contribution in [2.75, 3.05) is 5.32 Å². The van der Waals surface area contributed by atoms with Crippen molar-refractivity contribution >= 4 is 38.4 Å². The van der Waals surface area contributed by atoms with Crippen LogP contribution in [0, 0.1) is 6.92 Å². The van der Waals surface area contributed by atoms with Gasteiger partial charge in [0.15, 0.2) is 16.6 Å². The summed E-state index contributed by atoms with van der Waals surface area (Å²) in [4.78, 5) is 28.3. The second kappa shape index (κ2) is 5.52. The van der Waals surface area contributed by atoms with Crippen molar-refractivity contribution in [2.45, 2.75) is 32.7 Å². The lowest BCUT2D eigenvalue weighted by atomic mass is 10.1. The van der Waals surface area contributed by atoms with Crippen molar-refractivity contribution in [3.05, 3.63) is 41.2 Å². The predicted octanol–water partition coefficient (Wildman–Crippen LogP) is 3.59. The molecule has 1 aliphatic carbocycles. The molecule has 0 unspecified atom stereocenters. The normalized spacial score (nSPS) is 14.1. The van der Waals surface area contributed by atoms with Gasteiger partial charge in [-0.3, -0.25) is 19.6 Å². The zero-order chi connectivity index (χ0) is 16.8. The average Bonchev–Trinajstić information content (AvgIpc) is 3.18. The number of aryl methyl sites for hydroxylation is 1. The molecule has 7 heteroatoms. The Morgan fingerprint density at radius 3 is 2.79 bits per heavy atom. The maximum absolute atomic E-state index is 12.4. The van der Waals surface area contributed by atoms with Crippen LogP contribution in [0.4, 0.5) is 5.13 Å². The van der Waals surface area contributed by atoms with Crippen LogP contribution < -0.4 is 5.32 Å². The molecule has 0 atom stereocenters. The fraction of sp³-hybridized carbons (Fsp3) is 0.294. The van der Waals surface area contributed by atoms with Crippen molar-refractivity contribution in [3.8, 4) is 0 Å². The summed E-state index contributed by atoms with van der Waals surface area (Å²) in [6.07, 6.45) is 2.25. The van der Waals surface area contributed by atoms with E-state index in [1.807, 2.05) is 11.6 Å². The molecule has 1 aliphatic rings. The molecule has 24 heavy (non-hydrogen) atoms. The van der Waals surface area contributed by atoms with Crippen molar-refractivity contribution < 1.29 is 9.59 Å². The minimum atomic E-state index is -0.261. The Morgan fingerprint density at radius 2 is 2.08 bits per heavy atom. The Hall–Kier alpha value is -2.54. The Bertz CT molecular complexity index is 968. The number of rotatable bonds is 4. The molecule has 4 rings (SSSR count).